The van der Waals surface area contributed by atoms with Crippen LogP contribution in [0.4, 0.5) is 5.69 Å². The molecular formula is C15H23ClN2. The maximum Gasteiger partial charge on any atom is 0.0597 e. The van der Waals surface area contributed by atoms with E-state index < -0.39 is 0 Å². The van der Waals surface area contributed by atoms with Gasteiger partial charge in [-0.2, -0.15) is 0 Å². The van der Waals surface area contributed by atoms with E-state index in [1.165, 1.54) is 24.1 Å². The molecule has 0 spiro atoms. The van der Waals surface area contributed by atoms with Crippen LogP contribution in [0.1, 0.15) is 39.2 Å². The summed E-state index contributed by atoms with van der Waals surface area (Å²) in [6.07, 6.45) is 6.30. The molecule has 1 fully saturated rings. The topological polar surface area (TPSA) is 16.1 Å². The van der Waals surface area contributed by atoms with Crippen molar-refractivity contribution in [3.8, 4) is 0 Å². The molecule has 1 aromatic heterocycles. The van der Waals surface area contributed by atoms with Gasteiger partial charge < -0.3 is 4.90 Å². The molecule has 0 unspecified atom stereocenters. The van der Waals surface area contributed by atoms with Crippen LogP contribution in [-0.2, 0) is 5.88 Å². The lowest BCUT2D eigenvalue weighted by Crippen LogP contribution is -2.38. The Balaban J connectivity index is 2.06. The average Bonchev–Trinajstić information content (AvgIpc) is 2.38. The molecule has 1 aliphatic rings. The van der Waals surface area contributed by atoms with Gasteiger partial charge in [0.15, 0.2) is 0 Å². The van der Waals surface area contributed by atoms with Gasteiger partial charge in [-0.1, -0.05) is 20.8 Å². The first-order chi connectivity index (χ1) is 8.52. The van der Waals surface area contributed by atoms with Gasteiger partial charge in [0.25, 0.3) is 0 Å². The zero-order valence-electron chi connectivity index (χ0n) is 11.6. The molecular weight excluding hydrogens is 244 g/mol. The van der Waals surface area contributed by atoms with Gasteiger partial charge in [0, 0.05) is 25.2 Å². The highest BCUT2D eigenvalue weighted by molar-refractivity contribution is 6.17. The van der Waals surface area contributed by atoms with Gasteiger partial charge in [0.05, 0.1) is 11.9 Å². The Kier molecular flexibility index (Phi) is 4.16. The maximum atomic E-state index is 6.00. The van der Waals surface area contributed by atoms with Crippen molar-refractivity contribution in [2.24, 2.45) is 11.3 Å². The predicted molar refractivity (Wildman–Crippen MR) is 78.2 cm³/mol. The summed E-state index contributed by atoms with van der Waals surface area (Å²) in [6, 6.07) is 2.03. The molecule has 3 heteroatoms. The fourth-order valence-corrected chi connectivity index (χ4v) is 3.03. The summed E-state index contributed by atoms with van der Waals surface area (Å²) in [7, 11) is 0. The third-order valence-corrected chi connectivity index (χ3v) is 4.38. The summed E-state index contributed by atoms with van der Waals surface area (Å²) in [6.45, 7) is 9.29. The Morgan fingerprint density at radius 1 is 1.33 bits per heavy atom. The van der Waals surface area contributed by atoms with Crippen LogP contribution in [-0.4, -0.2) is 18.1 Å². The van der Waals surface area contributed by atoms with Gasteiger partial charge in [-0.3, -0.25) is 4.98 Å². The number of aromatic nitrogens is 1. The molecule has 2 rings (SSSR count). The van der Waals surface area contributed by atoms with E-state index in [0.717, 1.165) is 19.0 Å². The number of nitrogens with zero attached hydrogens (tertiary/aromatic N) is 2. The van der Waals surface area contributed by atoms with Crippen molar-refractivity contribution in [2.75, 3.05) is 18.0 Å². The highest BCUT2D eigenvalue weighted by Crippen LogP contribution is 2.36. The van der Waals surface area contributed by atoms with Crippen LogP contribution >= 0.6 is 11.6 Å². The number of hydrogen-bond acceptors (Lipinski definition) is 2. The van der Waals surface area contributed by atoms with E-state index in [4.69, 9.17) is 11.6 Å². The Morgan fingerprint density at radius 2 is 2.00 bits per heavy atom. The standard InChI is InChI=1S/C15H23ClN2/c1-15(2,3)13-5-8-18(9-6-13)14-11-17-7-4-12(14)10-16/h4,7,11,13H,5-6,8-10H2,1-3H3. The van der Waals surface area contributed by atoms with Crippen molar-refractivity contribution in [2.45, 2.75) is 39.5 Å². The monoisotopic (exact) mass is 266 g/mol. The number of alkyl halides is 1. The van der Waals surface area contributed by atoms with Crippen molar-refractivity contribution in [3.05, 3.63) is 24.0 Å². The summed E-state index contributed by atoms with van der Waals surface area (Å²) < 4.78 is 0. The van der Waals surface area contributed by atoms with E-state index in [1.54, 1.807) is 0 Å². The number of piperidine rings is 1. The third kappa shape index (κ3) is 2.97. The maximum absolute atomic E-state index is 6.00. The van der Waals surface area contributed by atoms with Gasteiger partial charge in [-0.05, 0) is 35.8 Å². The summed E-state index contributed by atoms with van der Waals surface area (Å²) >= 11 is 6.00. The van der Waals surface area contributed by atoms with E-state index in [0.29, 0.717) is 11.3 Å². The largest absolute Gasteiger partial charge is 0.370 e. The lowest BCUT2D eigenvalue weighted by molar-refractivity contribution is 0.199. The number of halogens is 1. The van der Waals surface area contributed by atoms with Crippen LogP contribution < -0.4 is 4.90 Å². The van der Waals surface area contributed by atoms with Crippen LogP contribution in [0.5, 0.6) is 0 Å². The van der Waals surface area contributed by atoms with Crippen molar-refractivity contribution in [3.63, 3.8) is 0 Å². The third-order valence-electron chi connectivity index (χ3n) is 4.09. The first kappa shape index (κ1) is 13.7. The Morgan fingerprint density at radius 3 is 2.56 bits per heavy atom. The summed E-state index contributed by atoms with van der Waals surface area (Å²) in [5.41, 5.74) is 2.84. The lowest BCUT2D eigenvalue weighted by Gasteiger charge is -2.40. The smallest absolute Gasteiger partial charge is 0.0597 e. The van der Waals surface area contributed by atoms with Crippen LogP contribution in [0.3, 0.4) is 0 Å². The van der Waals surface area contributed by atoms with Crippen molar-refractivity contribution < 1.29 is 0 Å². The molecule has 2 heterocycles. The second-order valence-corrected chi connectivity index (χ2v) is 6.53. The molecule has 2 nitrogen and oxygen atoms in total. The summed E-state index contributed by atoms with van der Waals surface area (Å²) in [5.74, 6) is 1.39. The minimum atomic E-state index is 0.427. The zero-order chi connectivity index (χ0) is 13.2. The molecule has 1 aromatic rings. The molecule has 0 aliphatic carbocycles. The Hall–Kier alpha value is -0.760. The van der Waals surface area contributed by atoms with E-state index >= 15 is 0 Å². The molecule has 0 amide bonds. The Bertz CT molecular complexity index is 390. The summed E-state index contributed by atoms with van der Waals surface area (Å²) in [5, 5.41) is 0. The number of pyridine rings is 1. The quantitative estimate of drug-likeness (QED) is 0.750. The first-order valence-corrected chi connectivity index (χ1v) is 7.29. The van der Waals surface area contributed by atoms with Crippen LogP contribution in [0.25, 0.3) is 0 Å². The second-order valence-electron chi connectivity index (χ2n) is 6.27. The average molecular weight is 267 g/mol. The minimum Gasteiger partial charge on any atom is -0.370 e. The highest BCUT2D eigenvalue weighted by Gasteiger charge is 2.29. The number of rotatable bonds is 2. The SMILES string of the molecule is CC(C)(C)C1CCN(c2cnccc2CCl)CC1. The van der Waals surface area contributed by atoms with E-state index in [-0.39, 0.29) is 0 Å². The van der Waals surface area contributed by atoms with E-state index in [2.05, 4.69) is 30.7 Å². The summed E-state index contributed by atoms with van der Waals surface area (Å²) in [4.78, 5) is 6.67. The number of hydrogen-bond donors (Lipinski definition) is 0. The highest BCUT2D eigenvalue weighted by atomic mass is 35.5. The molecule has 0 radical (unpaired) electrons. The molecule has 0 saturated carbocycles. The second kappa shape index (κ2) is 5.48. The van der Waals surface area contributed by atoms with Crippen LogP contribution in [0.15, 0.2) is 18.5 Å². The molecule has 1 saturated heterocycles. The van der Waals surface area contributed by atoms with Gasteiger partial charge in [0.1, 0.15) is 0 Å². The van der Waals surface area contributed by atoms with Crippen LogP contribution in [0.2, 0.25) is 0 Å². The van der Waals surface area contributed by atoms with E-state index in [1.807, 2.05) is 18.5 Å². The molecule has 18 heavy (non-hydrogen) atoms. The van der Waals surface area contributed by atoms with Crippen molar-refractivity contribution in [1.82, 2.24) is 4.98 Å². The van der Waals surface area contributed by atoms with Crippen LogP contribution in [0, 0.1) is 11.3 Å². The molecule has 0 N–H and O–H groups in total. The minimum absolute atomic E-state index is 0.427. The van der Waals surface area contributed by atoms with Gasteiger partial charge >= 0.3 is 0 Å². The van der Waals surface area contributed by atoms with Gasteiger partial charge in [-0.25, -0.2) is 0 Å². The molecule has 1 aliphatic heterocycles. The zero-order valence-corrected chi connectivity index (χ0v) is 12.4. The molecule has 100 valence electrons. The first-order valence-electron chi connectivity index (χ1n) is 6.76. The van der Waals surface area contributed by atoms with Crippen molar-refractivity contribution >= 4 is 17.3 Å². The normalized spacial score (nSPS) is 18.1. The van der Waals surface area contributed by atoms with Gasteiger partial charge in [0.2, 0.25) is 0 Å². The van der Waals surface area contributed by atoms with E-state index in [9.17, 15) is 0 Å². The predicted octanol–water partition coefficient (Wildman–Crippen LogP) is 4.08. The van der Waals surface area contributed by atoms with Crippen molar-refractivity contribution in [1.29, 1.82) is 0 Å². The fourth-order valence-electron chi connectivity index (χ4n) is 2.80. The lowest BCUT2D eigenvalue weighted by atomic mass is 9.75. The fraction of sp³-hybridized carbons (Fsp3) is 0.667. The molecule has 0 aromatic carbocycles. The molecule has 0 bridgehead atoms. The Labute approximate surface area is 115 Å². The van der Waals surface area contributed by atoms with Gasteiger partial charge in [-0.15, -0.1) is 11.6 Å². The number of anilines is 1. The molecule has 0 atom stereocenters.